The molecule has 1 saturated heterocycles. The molecule has 1 aliphatic carbocycles. The molecular weight excluding hydrogens is 538 g/mol. The number of amides is 2. The standard InChI is InChI=1S/C34H49N7O2/c1-8-29-12-11-26(27(19-35)20-36-6)17-23(3)41(29,7)31(9-2)24(4)33(43)39-30-18-28(21-37-25(30)5)38-32(42)22-40-16-10-13-34(40)14-15-34/h11-12,17-21,23,29H,8-10,13-16,22H2,1-7H3,(H3-,35,36,38,39,42,43)/p+1/b31-24+. The molecule has 1 aromatic rings. The smallest absolute Gasteiger partial charge is 0.256 e. The molecule has 1 aromatic heterocycles. The summed E-state index contributed by atoms with van der Waals surface area (Å²) in [5.74, 6) is -0.214. The number of hydrogen-bond donors (Lipinski definition) is 3. The minimum Gasteiger partial charge on any atom is -0.404 e. The van der Waals surface area contributed by atoms with Crippen molar-refractivity contribution in [1.82, 2.24) is 9.88 Å². The largest absolute Gasteiger partial charge is 0.404 e. The number of nitrogens with zero attached hydrogens (tertiary/aromatic N) is 4. The van der Waals surface area contributed by atoms with Gasteiger partial charge in [-0.25, -0.2) is 0 Å². The summed E-state index contributed by atoms with van der Waals surface area (Å²) in [6.07, 6.45) is 18.0. The number of likely N-dealkylation sites (N-methyl/N-ethyl adjacent to an activating group) is 1. The van der Waals surface area contributed by atoms with E-state index in [0.717, 1.165) is 42.7 Å². The number of rotatable bonds is 10. The maximum Gasteiger partial charge on any atom is 0.256 e. The summed E-state index contributed by atoms with van der Waals surface area (Å²) < 4.78 is 0.582. The number of nitrogens with one attached hydrogen (secondary N) is 2. The summed E-state index contributed by atoms with van der Waals surface area (Å²) in [6.45, 7) is 11.6. The van der Waals surface area contributed by atoms with Crippen molar-refractivity contribution in [2.75, 3.05) is 37.8 Å². The van der Waals surface area contributed by atoms with E-state index >= 15 is 0 Å². The van der Waals surface area contributed by atoms with E-state index in [1.165, 1.54) is 19.3 Å². The first-order valence-corrected chi connectivity index (χ1v) is 15.7. The van der Waals surface area contributed by atoms with Crippen molar-refractivity contribution in [3.8, 4) is 0 Å². The fourth-order valence-corrected chi connectivity index (χ4v) is 7.04. The van der Waals surface area contributed by atoms with Crippen LogP contribution in [0.3, 0.4) is 0 Å². The van der Waals surface area contributed by atoms with Crippen molar-refractivity contribution in [1.29, 1.82) is 0 Å². The van der Waals surface area contributed by atoms with Gasteiger partial charge in [-0.1, -0.05) is 19.9 Å². The molecular formula is C34H50N7O2+. The molecule has 2 amide bonds. The highest BCUT2D eigenvalue weighted by molar-refractivity contribution is 6.04. The normalized spacial score (nSPS) is 25.8. The topological polar surface area (TPSA) is 113 Å². The first-order chi connectivity index (χ1) is 20.5. The Balaban J connectivity index is 1.56. The van der Waals surface area contributed by atoms with Crippen LogP contribution in [0, 0.1) is 6.92 Å². The highest BCUT2D eigenvalue weighted by Crippen LogP contribution is 2.49. The molecule has 3 unspecified atom stereocenters. The highest BCUT2D eigenvalue weighted by atomic mass is 16.2. The van der Waals surface area contributed by atoms with E-state index in [4.69, 9.17) is 5.73 Å². The van der Waals surface area contributed by atoms with E-state index in [2.05, 4.69) is 71.6 Å². The first kappa shape index (κ1) is 32.4. The predicted octanol–water partition coefficient (Wildman–Crippen LogP) is 5.23. The van der Waals surface area contributed by atoms with Crippen molar-refractivity contribution in [2.45, 2.75) is 90.8 Å². The lowest BCUT2D eigenvalue weighted by Gasteiger charge is -2.45. The minimum atomic E-state index is -0.169. The number of nitrogens with two attached hydrogens (primary N) is 1. The van der Waals surface area contributed by atoms with E-state index in [0.29, 0.717) is 33.7 Å². The second kappa shape index (κ2) is 13.4. The van der Waals surface area contributed by atoms with Gasteiger partial charge < -0.3 is 16.4 Å². The van der Waals surface area contributed by atoms with Crippen LogP contribution in [0.5, 0.6) is 0 Å². The average molecular weight is 589 g/mol. The van der Waals surface area contributed by atoms with Crippen LogP contribution in [0.4, 0.5) is 11.4 Å². The van der Waals surface area contributed by atoms with Gasteiger partial charge in [0.2, 0.25) is 5.91 Å². The van der Waals surface area contributed by atoms with Crippen LogP contribution >= 0.6 is 0 Å². The number of carbonyl (C=O) groups is 2. The van der Waals surface area contributed by atoms with E-state index in [9.17, 15) is 9.59 Å². The van der Waals surface area contributed by atoms with Gasteiger partial charge in [-0.3, -0.25) is 28.9 Å². The highest BCUT2D eigenvalue weighted by Gasteiger charge is 2.50. The maximum absolute atomic E-state index is 13.8. The molecule has 4 N–H and O–H groups in total. The van der Waals surface area contributed by atoms with Crippen molar-refractivity contribution in [3.63, 3.8) is 0 Å². The Morgan fingerprint density at radius 1 is 1.26 bits per heavy atom. The lowest BCUT2D eigenvalue weighted by molar-refractivity contribution is -0.908. The van der Waals surface area contributed by atoms with Gasteiger partial charge in [0.1, 0.15) is 17.8 Å². The van der Waals surface area contributed by atoms with Gasteiger partial charge in [-0.2, -0.15) is 0 Å². The van der Waals surface area contributed by atoms with Gasteiger partial charge >= 0.3 is 0 Å². The van der Waals surface area contributed by atoms with Crippen LogP contribution in [-0.2, 0) is 9.59 Å². The Hall–Kier alpha value is -3.56. The van der Waals surface area contributed by atoms with Gasteiger partial charge in [-0.05, 0) is 76.8 Å². The summed E-state index contributed by atoms with van der Waals surface area (Å²) in [4.78, 5) is 37.7. The second-order valence-electron chi connectivity index (χ2n) is 12.4. The molecule has 0 radical (unpaired) electrons. The average Bonchev–Trinajstić information content (AvgIpc) is 3.69. The van der Waals surface area contributed by atoms with Gasteiger partial charge in [0.05, 0.1) is 42.4 Å². The third-order valence-corrected chi connectivity index (χ3v) is 9.86. The number of hydrogen-bond acceptors (Lipinski definition) is 6. The molecule has 3 aliphatic rings. The number of aliphatic imine (C=N–C) groups is 1. The molecule has 2 fully saturated rings. The number of allylic oxidation sites excluding steroid dienone is 4. The third-order valence-electron chi connectivity index (χ3n) is 9.86. The Morgan fingerprint density at radius 2 is 2.00 bits per heavy atom. The van der Waals surface area contributed by atoms with E-state index in [-0.39, 0.29) is 29.4 Å². The monoisotopic (exact) mass is 588 g/mol. The summed E-state index contributed by atoms with van der Waals surface area (Å²) in [5, 5.41) is 6.10. The molecule has 0 bridgehead atoms. The molecule has 1 spiro atoms. The van der Waals surface area contributed by atoms with E-state index in [1.807, 2.05) is 13.8 Å². The fraction of sp³-hybridized carbons (Fsp3) is 0.529. The van der Waals surface area contributed by atoms with Gasteiger partial charge in [0, 0.05) is 43.4 Å². The number of aromatic nitrogens is 1. The molecule has 4 rings (SSSR count). The molecule has 9 nitrogen and oxygen atoms in total. The molecule has 3 atom stereocenters. The zero-order valence-electron chi connectivity index (χ0n) is 27.0. The first-order valence-electron chi connectivity index (χ1n) is 15.7. The lowest BCUT2D eigenvalue weighted by Crippen LogP contribution is -2.55. The van der Waals surface area contributed by atoms with Crippen LogP contribution in [-0.4, -0.2) is 77.2 Å². The van der Waals surface area contributed by atoms with Crippen molar-refractivity contribution in [2.24, 2.45) is 10.7 Å². The molecule has 9 heteroatoms. The summed E-state index contributed by atoms with van der Waals surface area (Å²) in [6, 6.07) is 2.04. The van der Waals surface area contributed by atoms with E-state index < -0.39 is 0 Å². The molecule has 0 aromatic carbocycles. The zero-order valence-corrected chi connectivity index (χ0v) is 27.0. The second-order valence-corrected chi connectivity index (χ2v) is 12.4. The molecule has 3 heterocycles. The number of anilines is 2. The predicted molar refractivity (Wildman–Crippen MR) is 176 cm³/mol. The van der Waals surface area contributed by atoms with Crippen LogP contribution in [0.2, 0.25) is 0 Å². The lowest BCUT2D eigenvalue weighted by atomic mass is 9.99. The van der Waals surface area contributed by atoms with Gasteiger partial charge in [-0.15, -0.1) is 0 Å². The molecule has 232 valence electrons. The number of pyridine rings is 1. The zero-order chi connectivity index (χ0) is 31.4. The summed E-state index contributed by atoms with van der Waals surface area (Å²) >= 11 is 0. The van der Waals surface area contributed by atoms with Crippen molar-refractivity contribution in [3.05, 3.63) is 64.8 Å². The third kappa shape index (κ3) is 6.68. The molecule has 1 saturated carbocycles. The van der Waals surface area contributed by atoms with Crippen LogP contribution < -0.4 is 16.4 Å². The minimum absolute atomic E-state index is 0.0445. The Kier molecular flexibility index (Phi) is 10.1. The maximum atomic E-state index is 13.8. The summed E-state index contributed by atoms with van der Waals surface area (Å²) in [7, 11) is 3.95. The number of carbonyl (C=O) groups excluding carboxylic acids is 2. The number of likely N-dealkylation sites (tertiary alicyclic amines) is 1. The van der Waals surface area contributed by atoms with Crippen LogP contribution in [0.25, 0.3) is 0 Å². The van der Waals surface area contributed by atoms with Crippen molar-refractivity contribution < 1.29 is 14.1 Å². The fourth-order valence-electron chi connectivity index (χ4n) is 7.04. The van der Waals surface area contributed by atoms with E-state index in [1.54, 1.807) is 31.7 Å². The van der Waals surface area contributed by atoms with Crippen LogP contribution in [0.1, 0.15) is 71.9 Å². The van der Waals surface area contributed by atoms with Gasteiger partial charge in [0.15, 0.2) is 0 Å². The van der Waals surface area contributed by atoms with Gasteiger partial charge in [0.25, 0.3) is 5.91 Å². The molecule has 43 heavy (non-hydrogen) atoms. The Bertz CT molecular complexity index is 1380. The SMILES string of the molecule is CC/C(=C(/C)C(=O)Nc1cc(NC(=O)CN2CCCC23CC3)cnc1C)[N+]1(C)C(C)C=C(/C(C=NC)=C/N)C=CC1CC. The number of aryl methyl sites for hydroxylation is 1. The molecule has 2 aliphatic heterocycles. The summed E-state index contributed by atoms with van der Waals surface area (Å²) in [5.41, 5.74) is 11.7. The number of quaternary nitrogens is 1. The Labute approximate surface area is 257 Å². The quantitative estimate of drug-likeness (QED) is 0.197. The Morgan fingerprint density at radius 3 is 2.63 bits per heavy atom. The van der Waals surface area contributed by atoms with Crippen LogP contribution in [0.15, 0.2) is 64.1 Å². The van der Waals surface area contributed by atoms with Crippen molar-refractivity contribution >= 4 is 29.4 Å².